The summed E-state index contributed by atoms with van der Waals surface area (Å²) in [4.78, 5) is 4.09. The predicted molar refractivity (Wildman–Crippen MR) is 79.2 cm³/mol. The van der Waals surface area contributed by atoms with Crippen molar-refractivity contribution in [1.29, 1.82) is 0 Å². The fourth-order valence-electron chi connectivity index (χ4n) is 1.75. The summed E-state index contributed by atoms with van der Waals surface area (Å²) in [6, 6.07) is 15.2. The fourth-order valence-corrected chi connectivity index (χ4v) is 3.10. The highest BCUT2D eigenvalue weighted by atomic mass is 32.2. The molecule has 2 rings (SSSR count). The predicted octanol–water partition coefficient (Wildman–Crippen LogP) is 1.57. The largest absolute Gasteiger partial charge is 0.370 e. The van der Waals surface area contributed by atoms with Crippen LogP contribution in [0.2, 0.25) is 0 Å². The van der Waals surface area contributed by atoms with Crippen molar-refractivity contribution in [3.05, 3.63) is 60.2 Å². The maximum Gasteiger partial charge on any atom is 0.191 e. The first kappa shape index (κ1) is 14.1. The molecule has 0 aliphatic carbocycles. The van der Waals surface area contributed by atoms with Gasteiger partial charge in [-0.3, -0.25) is 0 Å². The molecule has 0 radical (unpaired) electrons. The Morgan fingerprint density at radius 3 is 2.10 bits per heavy atom. The first-order valence-corrected chi connectivity index (χ1v) is 7.59. The number of nitrogens with two attached hydrogens (primary N) is 2. The average Bonchev–Trinajstić information content (AvgIpc) is 2.39. The highest BCUT2D eigenvalue weighted by Crippen LogP contribution is 2.20. The summed E-state index contributed by atoms with van der Waals surface area (Å²) in [6.45, 7) is 0. The van der Waals surface area contributed by atoms with E-state index in [0.717, 1.165) is 5.56 Å². The van der Waals surface area contributed by atoms with Crippen LogP contribution in [0.1, 0.15) is 5.56 Å². The van der Waals surface area contributed by atoms with Gasteiger partial charge in [-0.1, -0.05) is 30.3 Å². The second kappa shape index (κ2) is 5.75. The molecule has 104 valence electrons. The van der Waals surface area contributed by atoms with Crippen molar-refractivity contribution in [3.8, 4) is 0 Å². The third-order valence-corrected chi connectivity index (χ3v) is 4.36. The molecule has 0 spiro atoms. The summed E-state index contributed by atoms with van der Waals surface area (Å²) < 4.78 is 24.5. The normalized spacial score (nSPS) is 11.0. The topological polar surface area (TPSA) is 98.5 Å². The number of guanidine groups is 1. The lowest BCUT2D eigenvalue weighted by Gasteiger charge is -2.05. The first-order chi connectivity index (χ1) is 9.47. The van der Waals surface area contributed by atoms with Gasteiger partial charge >= 0.3 is 0 Å². The zero-order valence-electron chi connectivity index (χ0n) is 10.7. The van der Waals surface area contributed by atoms with E-state index in [-0.39, 0.29) is 16.6 Å². The minimum absolute atomic E-state index is 0.0323. The minimum atomic E-state index is -3.37. The third kappa shape index (κ3) is 3.58. The van der Waals surface area contributed by atoms with Gasteiger partial charge in [-0.2, -0.15) is 0 Å². The smallest absolute Gasteiger partial charge is 0.191 e. The Labute approximate surface area is 117 Å². The maximum absolute atomic E-state index is 12.2. The zero-order chi connectivity index (χ0) is 14.6. The van der Waals surface area contributed by atoms with E-state index < -0.39 is 9.84 Å². The second-order valence-corrected chi connectivity index (χ2v) is 6.26. The van der Waals surface area contributed by atoms with Crippen molar-refractivity contribution in [2.75, 3.05) is 0 Å². The summed E-state index contributed by atoms with van der Waals surface area (Å²) >= 11 is 0. The van der Waals surface area contributed by atoms with E-state index in [2.05, 4.69) is 4.99 Å². The van der Waals surface area contributed by atoms with Gasteiger partial charge in [-0.25, -0.2) is 13.4 Å². The molecular weight excluding hydrogens is 274 g/mol. The number of hydrogen-bond donors (Lipinski definition) is 2. The zero-order valence-corrected chi connectivity index (χ0v) is 11.5. The fraction of sp³-hybridized carbons (Fsp3) is 0.0714. The van der Waals surface area contributed by atoms with E-state index in [4.69, 9.17) is 11.5 Å². The Hall–Kier alpha value is -2.34. The van der Waals surface area contributed by atoms with E-state index in [9.17, 15) is 8.42 Å². The molecule has 0 amide bonds. The monoisotopic (exact) mass is 289 g/mol. The number of aliphatic imine (C=N–C) groups is 1. The van der Waals surface area contributed by atoms with Gasteiger partial charge in [-0.15, -0.1) is 0 Å². The molecule has 0 atom stereocenters. The Morgan fingerprint density at radius 1 is 0.950 bits per heavy atom. The molecule has 6 heteroatoms. The molecular formula is C14H15N3O2S. The lowest BCUT2D eigenvalue weighted by Crippen LogP contribution is -2.21. The van der Waals surface area contributed by atoms with Crippen LogP contribution in [0.25, 0.3) is 0 Å². The molecule has 0 bridgehead atoms. The van der Waals surface area contributed by atoms with Gasteiger partial charge in [0.25, 0.3) is 0 Å². The van der Waals surface area contributed by atoms with Crippen molar-refractivity contribution in [3.63, 3.8) is 0 Å². The van der Waals surface area contributed by atoms with Gasteiger partial charge in [0.2, 0.25) is 0 Å². The molecule has 20 heavy (non-hydrogen) atoms. The van der Waals surface area contributed by atoms with Crippen molar-refractivity contribution < 1.29 is 8.42 Å². The summed E-state index contributed by atoms with van der Waals surface area (Å²) in [7, 11) is -3.37. The molecule has 0 heterocycles. The molecule has 0 unspecified atom stereocenters. The third-order valence-electron chi connectivity index (χ3n) is 2.65. The maximum atomic E-state index is 12.2. The van der Waals surface area contributed by atoms with Gasteiger partial charge in [0.1, 0.15) is 0 Å². The lowest BCUT2D eigenvalue weighted by molar-refractivity contribution is 0.595. The highest BCUT2D eigenvalue weighted by molar-refractivity contribution is 7.90. The Morgan fingerprint density at radius 2 is 1.55 bits per heavy atom. The summed E-state index contributed by atoms with van der Waals surface area (Å²) in [6.07, 6.45) is 0. The number of sulfone groups is 1. The molecule has 0 aliphatic heterocycles. The quantitative estimate of drug-likeness (QED) is 0.659. The van der Waals surface area contributed by atoms with Crippen molar-refractivity contribution in [2.24, 2.45) is 16.5 Å². The number of benzene rings is 2. The van der Waals surface area contributed by atoms with E-state index >= 15 is 0 Å². The summed E-state index contributed by atoms with van der Waals surface area (Å²) in [5.74, 6) is -0.0972. The van der Waals surface area contributed by atoms with Crippen molar-refractivity contribution >= 4 is 21.5 Å². The molecule has 0 saturated heterocycles. The highest BCUT2D eigenvalue weighted by Gasteiger charge is 2.14. The van der Waals surface area contributed by atoms with Crippen molar-refractivity contribution in [2.45, 2.75) is 10.6 Å². The van der Waals surface area contributed by atoms with Crippen LogP contribution in [0.3, 0.4) is 0 Å². The van der Waals surface area contributed by atoms with E-state index in [1.807, 2.05) is 18.2 Å². The Bertz CT molecular complexity index is 704. The van der Waals surface area contributed by atoms with Gasteiger partial charge in [0, 0.05) is 0 Å². The van der Waals surface area contributed by atoms with Crippen LogP contribution in [-0.2, 0) is 15.6 Å². The number of nitrogens with zero attached hydrogens (tertiary/aromatic N) is 1. The Balaban J connectivity index is 2.24. The molecule has 4 N–H and O–H groups in total. The SMILES string of the molecule is NC(N)=Nc1ccc(S(=O)(=O)Cc2ccccc2)cc1. The van der Waals surface area contributed by atoms with Crippen LogP contribution in [0.4, 0.5) is 5.69 Å². The Kier molecular flexibility index (Phi) is 4.05. The molecule has 2 aromatic carbocycles. The van der Waals surface area contributed by atoms with Gasteiger partial charge in [0.15, 0.2) is 15.8 Å². The van der Waals surface area contributed by atoms with Gasteiger partial charge in [0.05, 0.1) is 16.3 Å². The van der Waals surface area contributed by atoms with E-state index in [1.54, 1.807) is 24.3 Å². The van der Waals surface area contributed by atoms with Gasteiger partial charge < -0.3 is 11.5 Å². The van der Waals surface area contributed by atoms with Crippen molar-refractivity contribution in [1.82, 2.24) is 0 Å². The van der Waals surface area contributed by atoms with E-state index in [0.29, 0.717) is 5.69 Å². The van der Waals surface area contributed by atoms with Crippen LogP contribution < -0.4 is 11.5 Å². The van der Waals surface area contributed by atoms with Crippen LogP contribution in [-0.4, -0.2) is 14.4 Å². The summed E-state index contributed by atoms with van der Waals surface area (Å²) in [5.41, 5.74) is 11.8. The molecule has 2 aromatic rings. The van der Waals surface area contributed by atoms with Gasteiger partial charge in [-0.05, 0) is 29.8 Å². The molecule has 0 saturated carbocycles. The van der Waals surface area contributed by atoms with Crippen LogP contribution in [0, 0.1) is 0 Å². The standard InChI is InChI=1S/C14H15N3O2S/c15-14(16)17-12-6-8-13(9-7-12)20(18,19)10-11-4-2-1-3-5-11/h1-9H,10H2,(H4,15,16,17). The lowest BCUT2D eigenvalue weighted by atomic mass is 10.2. The van der Waals surface area contributed by atoms with Crippen LogP contribution in [0.15, 0.2) is 64.5 Å². The second-order valence-electron chi connectivity index (χ2n) is 4.28. The van der Waals surface area contributed by atoms with Crippen LogP contribution >= 0.6 is 0 Å². The molecule has 0 fully saturated rings. The minimum Gasteiger partial charge on any atom is -0.370 e. The van der Waals surface area contributed by atoms with E-state index in [1.165, 1.54) is 12.1 Å². The molecule has 0 aliphatic rings. The molecule has 0 aromatic heterocycles. The number of rotatable bonds is 4. The number of hydrogen-bond acceptors (Lipinski definition) is 3. The average molecular weight is 289 g/mol. The van der Waals surface area contributed by atoms with Crippen LogP contribution in [0.5, 0.6) is 0 Å². The molecule has 5 nitrogen and oxygen atoms in total. The summed E-state index contributed by atoms with van der Waals surface area (Å²) in [5, 5.41) is 0. The first-order valence-electron chi connectivity index (χ1n) is 5.94.